The van der Waals surface area contributed by atoms with Gasteiger partial charge >= 0.3 is 0 Å². The lowest BCUT2D eigenvalue weighted by Gasteiger charge is -2.30. The Kier molecular flexibility index (Phi) is 5.91. The minimum absolute atomic E-state index is 0.423. The Morgan fingerprint density at radius 2 is 0.902 bits per heavy atom. The Morgan fingerprint density at radius 3 is 1.55 bits per heavy atom. The van der Waals surface area contributed by atoms with E-state index in [9.17, 15) is 0 Å². The van der Waals surface area contributed by atoms with Gasteiger partial charge in [-0.25, -0.2) is 0 Å². The fourth-order valence-electron chi connectivity index (χ4n) is 9.19. The molecule has 236 valence electrons. The average molecular weight is 647 g/mol. The highest BCUT2D eigenvalue weighted by Crippen LogP contribution is 2.62. The van der Waals surface area contributed by atoms with Crippen LogP contribution in [-0.2, 0) is 5.41 Å². The van der Waals surface area contributed by atoms with Crippen molar-refractivity contribution in [3.63, 3.8) is 0 Å². The Balaban J connectivity index is 1.09. The van der Waals surface area contributed by atoms with Gasteiger partial charge in [-0.05, 0) is 101 Å². The second kappa shape index (κ2) is 10.7. The summed E-state index contributed by atoms with van der Waals surface area (Å²) in [6.45, 7) is 0. The lowest BCUT2D eigenvalue weighted by Crippen LogP contribution is -2.26. The molecule has 51 heavy (non-hydrogen) atoms. The summed E-state index contributed by atoms with van der Waals surface area (Å²) in [6, 6.07) is 59.6. The molecule has 0 N–H and O–H groups in total. The summed E-state index contributed by atoms with van der Waals surface area (Å²) >= 11 is 0. The van der Waals surface area contributed by atoms with Crippen LogP contribution in [0, 0.1) is 0 Å². The van der Waals surface area contributed by atoms with E-state index in [2.05, 4.69) is 181 Å². The number of hydrogen-bond acceptors (Lipinski definition) is 2. The van der Waals surface area contributed by atoms with E-state index in [1.54, 1.807) is 0 Å². The molecule has 1 atom stereocenters. The summed E-state index contributed by atoms with van der Waals surface area (Å²) in [5.74, 6) is 0. The molecule has 1 unspecified atom stereocenters. The normalized spacial score (nSPS) is 15.1. The third kappa shape index (κ3) is 3.82. The minimum atomic E-state index is -0.423. The highest BCUT2D eigenvalue weighted by atomic mass is 14.7. The van der Waals surface area contributed by atoms with E-state index < -0.39 is 5.41 Å². The first-order valence-electron chi connectivity index (χ1n) is 17.6. The molecule has 2 heterocycles. The van der Waals surface area contributed by atoms with E-state index in [1.807, 2.05) is 6.20 Å². The number of hydrogen-bond donors (Lipinski definition) is 0. The fraction of sp³-hybridized carbons (Fsp3) is 0.0204. The van der Waals surface area contributed by atoms with Gasteiger partial charge in [-0.1, -0.05) is 146 Å². The number of pyridine rings is 2. The zero-order chi connectivity index (χ0) is 33.5. The van der Waals surface area contributed by atoms with Gasteiger partial charge < -0.3 is 0 Å². The van der Waals surface area contributed by atoms with Crippen LogP contribution in [0.15, 0.2) is 182 Å². The summed E-state index contributed by atoms with van der Waals surface area (Å²) in [6.07, 6.45) is 6.06. The van der Waals surface area contributed by atoms with E-state index in [4.69, 9.17) is 4.98 Å². The van der Waals surface area contributed by atoms with E-state index in [0.29, 0.717) is 0 Å². The maximum Gasteiger partial charge on any atom is 0.0740 e. The zero-order valence-electron chi connectivity index (χ0n) is 27.7. The van der Waals surface area contributed by atoms with Gasteiger partial charge in [0.2, 0.25) is 0 Å². The monoisotopic (exact) mass is 646 g/mol. The molecular weight excluding hydrogens is 617 g/mol. The molecule has 2 heteroatoms. The van der Waals surface area contributed by atoms with E-state index in [1.165, 1.54) is 82.7 Å². The molecule has 0 aliphatic heterocycles. The van der Waals surface area contributed by atoms with Crippen molar-refractivity contribution < 1.29 is 0 Å². The molecule has 0 saturated carbocycles. The maximum absolute atomic E-state index is 5.21. The molecule has 2 nitrogen and oxygen atoms in total. The van der Waals surface area contributed by atoms with Crippen LogP contribution in [0.25, 0.3) is 77.3 Å². The van der Waals surface area contributed by atoms with E-state index in [-0.39, 0.29) is 0 Å². The van der Waals surface area contributed by atoms with Gasteiger partial charge in [-0.15, -0.1) is 0 Å². The topological polar surface area (TPSA) is 25.8 Å². The molecule has 2 aromatic heterocycles. The van der Waals surface area contributed by atoms with Crippen molar-refractivity contribution in [2.75, 3.05) is 0 Å². The van der Waals surface area contributed by atoms with Gasteiger partial charge in [-0.2, -0.15) is 0 Å². The lowest BCUT2D eigenvalue weighted by atomic mass is 9.70. The van der Waals surface area contributed by atoms with Gasteiger partial charge in [0.1, 0.15) is 0 Å². The summed E-state index contributed by atoms with van der Waals surface area (Å²) in [7, 11) is 0. The van der Waals surface area contributed by atoms with Crippen molar-refractivity contribution >= 4 is 21.5 Å². The molecule has 0 bridgehead atoms. The van der Waals surface area contributed by atoms with E-state index in [0.717, 1.165) is 16.8 Å². The summed E-state index contributed by atoms with van der Waals surface area (Å²) in [5.41, 5.74) is 16.8. The van der Waals surface area contributed by atoms with Gasteiger partial charge in [0.05, 0.1) is 11.1 Å². The Morgan fingerprint density at radius 1 is 0.353 bits per heavy atom. The molecule has 7 aromatic carbocycles. The maximum atomic E-state index is 5.21. The first-order chi connectivity index (χ1) is 25.3. The van der Waals surface area contributed by atoms with Crippen LogP contribution in [0.5, 0.6) is 0 Å². The van der Waals surface area contributed by atoms with Gasteiger partial charge in [0.15, 0.2) is 0 Å². The first kappa shape index (κ1) is 28.2. The minimum Gasteiger partial charge on any atom is -0.264 e. The zero-order valence-corrected chi connectivity index (χ0v) is 27.7. The highest BCUT2D eigenvalue weighted by molar-refractivity contribution is 6.21. The lowest BCUT2D eigenvalue weighted by molar-refractivity contribution is 0.788. The van der Waals surface area contributed by atoms with Crippen LogP contribution in [0.1, 0.15) is 22.3 Å². The van der Waals surface area contributed by atoms with Gasteiger partial charge in [0, 0.05) is 29.7 Å². The molecule has 0 fully saturated rings. The average Bonchev–Trinajstić information content (AvgIpc) is 3.67. The molecule has 1 spiro atoms. The predicted molar refractivity (Wildman–Crippen MR) is 210 cm³/mol. The third-order valence-corrected chi connectivity index (χ3v) is 11.2. The predicted octanol–water partition coefficient (Wildman–Crippen LogP) is 12.1. The molecular formula is C49H30N2. The summed E-state index contributed by atoms with van der Waals surface area (Å²) in [5, 5.41) is 4.89. The molecule has 11 rings (SSSR count). The number of rotatable bonds is 3. The molecule has 0 radical (unpaired) electrons. The van der Waals surface area contributed by atoms with Crippen molar-refractivity contribution in [1.82, 2.24) is 9.97 Å². The second-order valence-corrected chi connectivity index (χ2v) is 13.7. The standard InChI is InChI=1S/C49H30N2/c1-2-12-31(13-3-1)47-38-16-4-6-18-40(38)48(41-19-7-5-17-39(41)47)46-25-23-33(29-51-46)32-22-24-36-34-14-8-10-20-42(34)49(44(36)28-32)43-21-11-9-15-35(43)37-26-27-50-30-45(37)49/h1-30H. The van der Waals surface area contributed by atoms with Gasteiger partial charge in [0.25, 0.3) is 0 Å². The summed E-state index contributed by atoms with van der Waals surface area (Å²) in [4.78, 5) is 9.89. The Labute approximate surface area is 296 Å². The van der Waals surface area contributed by atoms with Crippen molar-refractivity contribution in [3.05, 3.63) is 205 Å². The van der Waals surface area contributed by atoms with Crippen LogP contribution in [0.2, 0.25) is 0 Å². The molecule has 2 aliphatic rings. The smallest absolute Gasteiger partial charge is 0.0740 e. The largest absolute Gasteiger partial charge is 0.264 e. The Bertz CT molecular complexity index is 2730. The van der Waals surface area contributed by atoms with Crippen molar-refractivity contribution in [2.24, 2.45) is 0 Å². The number of fused-ring (bicyclic) bond motifs is 12. The summed E-state index contributed by atoms with van der Waals surface area (Å²) < 4.78 is 0. The SMILES string of the molecule is c1ccc(-c2c3ccccc3c(-c3ccc(-c4ccc5c(c4)C4(c6ccccc6-c6ccncc64)c4ccccc4-5)cn3)c3ccccc23)cc1. The highest BCUT2D eigenvalue weighted by Gasteiger charge is 2.51. The van der Waals surface area contributed by atoms with Crippen molar-refractivity contribution in [3.8, 4) is 55.8 Å². The second-order valence-electron chi connectivity index (χ2n) is 13.7. The molecule has 0 saturated heterocycles. The first-order valence-corrected chi connectivity index (χ1v) is 17.6. The number of aromatic nitrogens is 2. The van der Waals surface area contributed by atoms with Crippen molar-refractivity contribution in [1.29, 1.82) is 0 Å². The van der Waals surface area contributed by atoms with Crippen LogP contribution < -0.4 is 0 Å². The van der Waals surface area contributed by atoms with Crippen LogP contribution in [0.3, 0.4) is 0 Å². The Hall–Kier alpha value is -6.64. The van der Waals surface area contributed by atoms with Crippen LogP contribution in [-0.4, -0.2) is 9.97 Å². The fourth-order valence-corrected chi connectivity index (χ4v) is 9.19. The quantitative estimate of drug-likeness (QED) is 0.179. The third-order valence-electron chi connectivity index (χ3n) is 11.2. The molecule has 0 amide bonds. The van der Waals surface area contributed by atoms with Crippen LogP contribution in [0.4, 0.5) is 0 Å². The number of nitrogens with zero attached hydrogens (tertiary/aromatic N) is 2. The number of benzene rings is 7. The van der Waals surface area contributed by atoms with Gasteiger partial charge in [-0.3, -0.25) is 9.97 Å². The molecule has 2 aliphatic carbocycles. The molecule has 9 aromatic rings. The van der Waals surface area contributed by atoms with Crippen LogP contribution >= 0.6 is 0 Å². The van der Waals surface area contributed by atoms with Crippen molar-refractivity contribution in [2.45, 2.75) is 5.41 Å². The van der Waals surface area contributed by atoms with E-state index >= 15 is 0 Å².